The van der Waals surface area contributed by atoms with E-state index in [0.29, 0.717) is 29.0 Å². The van der Waals surface area contributed by atoms with Gasteiger partial charge in [0, 0.05) is 33.6 Å². The predicted molar refractivity (Wildman–Crippen MR) is 120 cm³/mol. The molecule has 8 heteroatoms. The number of nitriles is 1. The van der Waals surface area contributed by atoms with E-state index in [-0.39, 0.29) is 17.2 Å². The summed E-state index contributed by atoms with van der Waals surface area (Å²) in [5, 5.41) is 28.6. The molecule has 0 spiro atoms. The molecule has 1 amide bonds. The minimum atomic E-state index is -0.993. The number of carbonyl (C=O) groups is 2. The number of hydrogen-bond acceptors (Lipinski definition) is 6. The van der Waals surface area contributed by atoms with E-state index in [9.17, 15) is 14.7 Å². The number of nitrogens with one attached hydrogen (secondary N) is 2. The van der Waals surface area contributed by atoms with Crippen LogP contribution in [0.3, 0.4) is 0 Å². The Balaban J connectivity index is 1.89. The van der Waals surface area contributed by atoms with Crippen LogP contribution in [0, 0.1) is 16.7 Å². The molecule has 3 rings (SSSR count). The number of aryl methyl sites for hydroxylation is 1. The van der Waals surface area contributed by atoms with E-state index in [1.807, 2.05) is 43.3 Å². The molecule has 6 nitrogen and oxygen atoms in total. The van der Waals surface area contributed by atoms with E-state index in [1.54, 1.807) is 6.07 Å². The Hall–Kier alpha value is -3.28. The first kappa shape index (κ1) is 21.4. The highest BCUT2D eigenvalue weighted by atomic mass is 32.1. The molecule has 3 aromatic rings. The first-order valence-corrected chi connectivity index (χ1v) is 10.9. The van der Waals surface area contributed by atoms with Gasteiger partial charge in [0.2, 0.25) is 0 Å². The molecule has 2 heterocycles. The Bertz CT molecular complexity index is 1140. The molecule has 0 saturated carbocycles. The fourth-order valence-electron chi connectivity index (χ4n) is 3.08. The number of nitrogens with zero attached hydrogens (tertiary/aromatic N) is 1. The summed E-state index contributed by atoms with van der Waals surface area (Å²) in [6, 6.07) is 13.1. The van der Waals surface area contributed by atoms with Crippen molar-refractivity contribution in [2.24, 2.45) is 0 Å². The highest BCUT2D eigenvalue weighted by Gasteiger charge is 2.22. The molecule has 0 aliphatic heterocycles. The molecule has 1 aromatic carbocycles. The van der Waals surface area contributed by atoms with Crippen LogP contribution in [0.1, 0.15) is 43.1 Å². The Morgan fingerprint density at radius 2 is 1.87 bits per heavy atom. The van der Waals surface area contributed by atoms with Crippen molar-refractivity contribution in [3.05, 3.63) is 56.6 Å². The fraction of sp³-hybridized carbons (Fsp3) is 0.182. The van der Waals surface area contributed by atoms with Crippen LogP contribution in [-0.4, -0.2) is 29.7 Å². The van der Waals surface area contributed by atoms with E-state index < -0.39 is 5.97 Å². The Labute approximate surface area is 181 Å². The van der Waals surface area contributed by atoms with Gasteiger partial charge in [-0.3, -0.25) is 4.79 Å². The first-order valence-electron chi connectivity index (χ1n) is 9.25. The molecule has 0 atom stereocenters. The summed E-state index contributed by atoms with van der Waals surface area (Å²) in [7, 11) is 0. The lowest BCUT2D eigenvalue weighted by molar-refractivity contribution is 0.0702. The summed E-state index contributed by atoms with van der Waals surface area (Å²) in [6.07, 6.45) is 2.16. The lowest BCUT2D eigenvalue weighted by atomic mass is 9.98. The quantitative estimate of drug-likeness (QED) is 0.338. The van der Waals surface area contributed by atoms with Crippen LogP contribution >= 0.6 is 22.7 Å². The minimum absolute atomic E-state index is 0.204. The van der Waals surface area contributed by atoms with Crippen LogP contribution in [0.15, 0.2) is 36.4 Å². The summed E-state index contributed by atoms with van der Waals surface area (Å²) in [5.41, 5.74) is 2.89. The van der Waals surface area contributed by atoms with Gasteiger partial charge in [-0.05, 0) is 29.7 Å². The zero-order valence-electron chi connectivity index (χ0n) is 16.2. The largest absolute Gasteiger partial charge is 0.477 e. The summed E-state index contributed by atoms with van der Waals surface area (Å²) in [6.45, 7) is 2.26. The molecule has 30 heavy (non-hydrogen) atoms. The summed E-state index contributed by atoms with van der Waals surface area (Å²) in [5.74, 6) is -1.20. The van der Waals surface area contributed by atoms with Gasteiger partial charge in [-0.2, -0.15) is 5.26 Å². The maximum atomic E-state index is 12.1. The zero-order chi connectivity index (χ0) is 21.7. The number of rotatable bonds is 8. The van der Waals surface area contributed by atoms with Crippen molar-refractivity contribution >= 4 is 40.8 Å². The summed E-state index contributed by atoms with van der Waals surface area (Å²) < 4.78 is 0. The number of carboxylic acids is 1. The second kappa shape index (κ2) is 9.48. The molecule has 2 aromatic heterocycles. The molecule has 152 valence electrons. The topological polar surface area (TPSA) is 114 Å². The molecule has 0 bridgehead atoms. The maximum Gasteiger partial charge on any atom is 0.346 e. The van der Waals surface area contributed by atoms with Crippen LogP contribution < -0.4 is 5.32 Å². The number of aromatic carboxylic acids is 1. The lowest BCUT2D eigenvalue weighted by Gasteiger charge is -2.06. The molecule has 0 saturated heterocycles. The highest BCUT2D eigenvalue weighted by molar-refractivity contribution is 7.17. The third-order valence-electron chi connectivity index (χ3n) is 4.49. The number of benzene rings is 1. The Morgan fingerprint density at radius 3 is 2.47 bits per heavy atom. The summed E-state index contributed by atoms with van der Waals surface area (Å²) in [4.78, 5) is 26.4. The van der Waals surface area contributed by atoms with Gasteiger partial charge in [0.1, 0.15) is 4.88 Å². The average Bonchev–Trinajstić information content (AvgIpc) is 3.39. The highest BCUT2D eigenvalue weighted by Crippen LogP contribution is 2.38. The van der Waals surface area contributed by atoms with Gasteiger partial charge in [0.15, 0.2) is 0 Å². The van der Waals surface area contributed by atoms with Crippen LogP contribution in [0.25, 0.3) is 21.6 Å². The number of carbonyl (C=O) groups excluding carboxylic acids is 1. The van der Waals surface area contributed by atoms with E-state index in [2.05, 4.69) is 5.32 Å². The van der Waals surface area contributed by atoms with Crippen molar-refractivity contribution in [2.45, 2.75) is 19.8 Å². The molecular formula is C22H19N3O3S2. The average molecular weight is 438 g/mol. The number of amides is 1. The number of carboxylic acid groups (broad SMARTS) is 1. The molecular weight excluding hydrogens is 418 g/mol. The second-order valence-electron chi connectivity index (χ2n) is 6.35. The first-order chi connectivity index (χ1) is 14.5. The van der Waals surface area contributed by atoms with Crippen LogP contribution in [0.4, 0.5) is 0 Å². The van der Waals surface area contributed by atoms with Gasteiger partial charge >= 0.3 is 5.97 Å². The standard InChI is InChI=1S/C22H19N3O3S2/c1-2-16-15(12-24)19(20(30-16)22(27)28)14-6-4-13(5-7-14)17-8-9-18(29-17)21(26)25-11-3-10-23/h4-9,12,24H,2-3,11H2,1H3,(H,25,26)(H,27,28). The fourth-order valence-corrected chi connectivity index (χ4v) is 5.09. The van der Waals surface area contributed by atoms with Gasteiger partial charge in [0.25, 0.3) is 5.91 Å². The maximum absolute atomic E-state index is 12.1. The van der Waals surface area contributed by atoms with Gasteiger partial charge in [-0.25, -0.2) is 4.79 Å². The van der Waals surface area contributed by atoms with Crippen molar-refractivity contribution in [3.63, 3.8) is 0 Å². The normalized spacial score (nSPS) is 10.4. The lowest BCUT2D eigenvalue weighted by Crippen LogP contribution is -2.23. The van der Waals surface area contributed by atoms with Gasteiger partial charge in [-0.1, -0.05) is 31.2 Å². The molecule has 0 aliphatic rings. The Morgan fingerprint density at radius 1 is 1.17 bits per heavy atom. The van der Waals surface area contributed by atoms with Gasteiger partial charge in [-0.15, -0.1) is 22.7 Å². The van der Waals surface area contributed by atoms with E-state index in [1.165, 1.54) is 28.9 Å². The monoisotopic (exact) mass is 437 g/mol. The van der Waals surface area contributed by atoms with E-state index in [0.717, 1.165) is 20.9 Å². The molecule has 0 radical (unpaired) electrons. The SMILES string of the molecule is CCc1sc(C(=O)O)c(-c2ccc(-c3ccc(C(=O)NCCC#N)s3)cc2)c1C=N. The minimum Gasteiger partial charge on any atom is -0.477 e. The molecule has 0 aliphatic carbocycles. The smallest absolute Gasteiger partial charge is 0.346 e. The summed E-state index contributed by atoms with van der Waals surface area (Å²) >= 11 is 2.57. The molecule has 0 fully saturated rings. The van der Waals surface area contributed by atoms with Crippen molar-refractivity contribution in [1.82, 2.24) is 5.32 Å². The zero-order valence-corrected chi connectivity index (χ0v) is 17.8. The van der Waals surface area contributed by atoms with Crippen LogP contribution in [0.2, 0.25) is 0 Å². The predicted octanol–water partition coefficient (Wildman–Crippen LogP) is 5.05. The van der Waals surface area contributed by atoms with Crippen molar-refractivity contribution in [3.8, 4) is 27.6 Å². The van der Waals surface area contributed by atoms with Gasteiger partial charge < -0.3 is 15.8 Å². The molecule has 0 unspecified atom stereocenters. The third-order valence-corrected chi connectivity index (χ3v) is 6.96. The van der Waals surface area contributed by atoms with Crippen LogP contribution in [0.5, 0.6) is 0 Å². The van der Waals surface area contributed by atoms with Crippen molar-refractivity contribution in [1.29, 1.82) is 10.7 Å². The van der Waals surface area contributed by atoms with E-state index >= 15 is 0 Å². The Kier molecular flexibility index (Phi) is 6.77. The molecule has 3 N–H and O–H groups in total. The van der Waals surface area contributed by atoms with Gasteiger partial charge in [0.05, 0.1) is 17.4 Å². The number of hydrogen-bond donors (Lipinski definition) is 3. The number of thiophene rings is 2. The van der Waals surface area contributed by atoms with Crippen molar-refractivity contribution < 1.29 is 14.7 Å². The second-order valence-corrected chi connectivity index (χ2v) is 8.54. The third kappa shape index (κ3) is 4.32. The van der Waals surface area contributed by atoms with Crippen molar-refractivity contribution in [2.75, 3.05) is 6.54 Å². The van der Waals surface area contributed by atoms with Crippen LogP contribution in [-0.2, 0) is 6.42 Å². The van der Waals surface area contributed by atoms with E-state index in [4.69, 9.17) is 10.7 Å².